The Bertz CT molecular complexity index is 1330. The van der Waals surface area contributed by atoms with E-state index >= 15 is 8.78 Å². The first-order valence-corrected chi connectivity index (χ1v) is 14.2. The molecule has 2 aliphatic rings. The van der Waals surface area contributed by atoms with E-state index < -0.39 is 41.0 Å². The molecule has 0 aromatic heterocycles. The number of carbonyl (C=O) groups excluding carboxylic acids is 2. The van der Waals surface area contributed by atoms with Crippen molar-refractivity contribution in [2.45, 2.75) is 76.4 Å². The Kier molecular flexibility index (Phi) is 8.79. The molecule has 2 aliphatic heterocycles. The number of nitrogens with zero attached hydrogens (tertiary/aromatic N) is 2. The van der Waals surface area contributed by atoms with Crippen molar-refractivity contribution in [1.82, 2.24) is 15.5 Å². The molecular weight excluding hydrogens is 557 g/mol. The Balaban J connectivity index is 1.84. The zero-order chi connectivity index (χ0) is 29.4. The Hall–Kier alpha value is -2.73. The van der Waals surface area contributed by atoms with Gasteiger partial charge in [-0.25, -0.2) is 8.78 Å². The van der Waals surface area contributed by atoms with Gasteiger partial charge in [0.15, 0.2) is 0 Å². The lowest BCUT2D eigenvalue weighted by Crippen LogP contribution is -2.52. The molecule has 4 atom stereocenters. The third-order valence-corrected chi connectivity index (χ3v) is 8.55. The second-order valence-corrected chi connectivity index (χ2v) is 12.8. The molecule has 0 saturated carbocycles. The molecule has 40 heavy (non-hydrogen) atoms. The van der Waals surface area contributed by atoms with Gasteiger partial charge in [0.1, 0.15) is 17.0 Å². The molecule has 2 fully saturated rings. The predicted molar refractivity (Wildman–Crippen MR) is 151 cm³/mol. The van der Waals surface area contributed by atoms with Gasteiger partial charge in [0, 0.05) is 48.6 Å². The van der Waals surface area contributed by atoms with Gasteiger partial charge in [-0.1, -0.05) is 62.2 Å². The molecule has 0 aliphatic carbocycles. The van der Waals surface area contributed by atoms with Crippen LogP contribution in [0.15, 0.2) is 36.4 Å². The molecule has 6 nitrogen and oxygen atoms in total. The number of piperidine rings is 1. The van der Waals surface area contributed by atoms with Crippen molar-refractivity contribution in [3.8, 4) is 6.07 Å². The Morgan fingerprint density at radius 1 is 1.18 bits per heavy atom. The largest absolute Gasteiger partial charge is 0.352 e. The van der Waals surface area contributed by atoms with E-state index in [2.05, 4.69) is 16.7 Å². The minimum atomic E-state index is -1.67. The van der Waals surface area contributed by atoms with Crippen LogP contribution in [0.5, 0.6) is 0 Å². The van der Waals surface area contributed by atoms with E-state index in [1.54, 1.807) is 11.0 Å². The summed E-state index contributed by atoms with van der Waals surface area (Å²) in [5.74, 6) is -3.02. The summed E-state index contributed by atoms with van der Waals surface area (Å²) in [6.07, 6.45) is 1.52. The number of hydrogen-bond acceptors (Lipinski definition) is 4. The van der Waals surface area contributed by atoms with Crippen molar-refractivity contribution >= 4 is 35.0 Å². The highest BCUT2D eigenvalue weighted by atomic mass is 35.5. The minimum absolute atomic E-state index is 0.0208. The summed E-state index contributed by atoms with van der Waals surface area (Å²) >= 11 is 12.3. The summed E-state index contributed by atoms with van der Waals surface area (Å²) < 4.78 is 31.4. The molecule has 0 spiro atoms. The van der Waals surface area contributed by atoms with E-state index in [9.17, 15) is 14.9 Å². The molecule has 2 aromatic carbocycles. The lowest BCUT2D eigenvalue weighted by molar-refractivity contribution is -0.130. The summed E-state index contributed by atoms with van der Waals surface area (Å²) in [4.78, 5) is 27.4. The quantitative estimate of drug-likeness (QED) is 0.466. The average molecular weight is 592 g/mol. The third-order valence-electron chi connectivity index (χ3n) is 8.02. The van der Waals surface area contributed by atoms with Crippen LogP contribution in [0.4, 0.5) is 8.78 Å². The van der Waals surface area contributed by atoms with Gasteiger partial charge in [-0.05, 0) is 48.4 Å². The smallest absolute Gasteiger partial charge is 0.238 e. The van der Waals surface area contributed by atoms with Crippen LogP contribution in [0.3, 0.4) is 0 Å². The fourth-order valence-electron chi connectivity index (χ4n) is 6.19. The van der Waals surface area contributed by atoms with Gasteiger partial charge in [-0.2, -0.15) is 5.26 Å². The molecule has 0 radical (unpaired) electrons. The van der Waals surface area contributed by atoms with E-state index in [1.165, 1.54) is 31.2 Å². The highest BCUT2D eigenvalue weighted by molar-refractivity contribution is 6.31. The number of amides is 2. The standard InChI is InChI=1S/C30H34Cl2F2N4O2/c1-17(39)38-12-10-19(11-13-38)36-28(40)27-25(20-6-5-7-22(32)26(20)34)30(16-35,24(37-27)15-29(2,3)4)21-9-8-18(31)14-23(21)33/h5-9,14,19,24-25,27,37H,10-13,15H2,1-4H3,(H,36,40)/t24-,25-,27+,30-/m0/s1. The fraction of sp³-hybridized carbons (Fsp3) is 0.500. The maximum Gasteiger partial charge on any atom is 0.238 e. The van der Waals surface area contributed by atoms with Crippen LogP contribution in [0.2, 0.25) is 10.0 Å². The second kappa shape index (κ2) is 11.6. The molecule has 2 saturated heterocycles. The Labute approximate surface area is 244 Å². The van der Waals surface area contributed by atoms with Gasteiger partial charge in [-0.3, -0.25) is 9.59 Å². The van der Waals surface area contributed by atoms with Crippen molar-refractivity contribution in [2.75, 3.05) is 13.1 Å². The predicted octanol–water partition coefficient (Wildman–Crippen LogP) is 5.72. The molecule has 2 aromatic rings. The number of carbonyl (C=O) groups is 2. The topological polar surface area (TPSA) is 85.2 Å². The minimum Gasteiger partial charge on any atom is -0.352 e. The molecule has 214 valence electrons. The molecule has 0 unspecified atom stereocenters. The first-order chi connectivity index (χ1) is 18.8. The summed E-state index contributed by atoms with van der Waals surface area (Å²) in [5, 5.41) is 17.3. The van der Waals surface area contributed by atoms with Crippen LogP contribution in [-0.2, 0) is 15.0 Å². The zero-order valence-corrected chi connectivity index (χ0v) is 24.5. The fourth-order valence-corrected chi connectivity index (χ4v) is 6.53. The average Bonchev–Trinajstić information content (AvgIpc) is 3.19. The molecule has 4 rings (SSSR count). The molecule has 2 N–H and O–H groups in total. The highest BCUT2D eigenvalue weighted by Crippen LogP contribution is 2.52. The van der Waals surface area contributed by atoms with Gasteiger partial charge in [0.05, 0.1) is 17.1 Å². The normalized spacial score (nSPS) is 25.5. The van der Waals surface area contributed by atoms with Crippen LogP contribution in [0.25, 0.3) is 0 Å². The van der Waals surface area contributed by atoms with E-state index in [1.807, 2.05) is 20.8 Å². The summed E-state index contributed by atoms with van der Waals surface area (Å²) in [5.41, 5.74) is -1.91. The summed E-state index contributed by atoms with van der Waals surface area (Å²) in [6.45, 7) is 8.49. The van der Waals surface area contributed by atoms with Crippen molar-refractivity contribution in [1.29, 1.82) is 5.26 Å². The molecular formula is C30H34Cl2F2N4O2. The van der Waals surface area contributed by atoms with Crippen LogP contribution in [0.1, 0.15) is 64.0 Å². The van der Waals surface area contributed by atoms with Gasteiger partial charge in [-0.15, -0.1) is 0 Å². The van der Waals surface area contributed by atoms with Gasteiger partial charge >= 0.3 is 0 Å². The van der Waals surface area contributed by atoms with Gasteiger partial charge < -0.3 is 15.5 Å². The lowest BCUT2D eigenvalue weighted by Gasteiger charge is -2.37. The van der Waals surface area contributed by atoms with Crippen LogP contribution in [0, 0.1) is 28.4 Å². The van der Waals surface area contributed by atoms with Crippen LogP contribution in [-0.4, -0.2) is 47.9 Å². The summed E-state index contributed by atoms with van der Waals surface area (Å²) in [7, 11) is 0. The van der Waals surface area contributed by atoms with Crippen molar-refractivity contribution in [3.05, 3.63) is 69.2 Å². The third kappa shape index (κ3) is 5.83. The van der Waals surface area contributed by atoms with Crippen molar-refractivity contribution in [3.63, 3.8) is 0 Å². The maximum atomic E-state index is 15.7. The number of likely N-dealkylation sites (tertiary alicyclic amines) is 1. The van der Waals surface area contributed by atoms with Gasteiger partial charge in [0.2, 0.25) is 11.8 Å². The van der Waals surface area contributed by atoms with Crippen molar-refractivity contribution < 1.29 is 18.4 Å². The Morgan fingerprint density at radius 2 is 1.85 bits per heavy atom. The van der Waals surface area contributed by atoms with Crippen molar-refractivity contribution in [2.24, 2.45) is 5.41 Å². The Morgan fingerprint density at radius 3 is 2.42 bits per heavy atom. The number of halogens is 4. The van der Waals surface area contributed by atoms with E-state index in [0.29, 0.717) is 32.4 Å². The number of nitriles is 1. The molecule has 2 amide bonds. The molecule has 0 bridgehead atoms. The number of benzene rings is 2. The van der Waals surface area contributed by atoms with E-state index in [0.717, 1.165) is 6.07 Å². The molecule has 10 heteroatoms. The number of nitrogens with one attached hydrogen (secondary N) is 2. The van der Waals surface area contributed by atoms with Crippen LogP contribution < -0.4 is 10.6 Å². The van der Waals surface area contributed by atoms with E-state index in [-0.39, 0.29) is 38.5 Å². The SMILES string of the molecule is CC(=O)N1CCC(NC(=O)[C@@H]2N[C@@H](CC(C)(C)C)[C@](C#N)(c3ccc(Cl)cc3F)[C@H]2c2cccc(Cl)c2F)CC1. The number of rotatable bonds is 5. The van der Waals surface area contributed by atoms with E-state index in [4.69, 9.17) is 23.2 Å². The maximum absolute atomic E-state index is 15.7. The lowest BCUT2D eigenvalue weighted by atomic mass is 9.62. The highest BCUT2D eigenvalue weighted by Gasteiger charge is 2.61. The monoisotopic (exact) mass is 590 g/mol. The first kappa shape index (κ1) is 30.2. The zero-order valence-electron chi connectivity index (χ0n) is 23.0. The second-order valence-electron chi connectivity index (χ2n) is 12.0. The summed E-state index contributed by atoms with van der Waals surface area (Å²) in [6, 6.07) is 8.88. The molecule has 2 heterocycles. The number of hydrogen-bond donors (Lipinski definition) is 2. The van der Waals surface area contributed by atoms with Crippen LogP contribution >= 0.6 is 23.2 Å². The first-order valence-electron chi connectivity index (χ1n) is 13.4. The van der Waals surface area contributed by atoms with Gasteiger partial charge in [0.25, 0.3) is 0 Å².